The van der Waals surface area contributed by atoms with Gasteiger partial charge in [-0.2, -0.15) is 13.2 Å². The van der Waals surface area contributed by atoms with Crippen LogP contribution in [-0.4, -0.2) is 29.5 Å². The Kier molecular flexibility index (Phi) is 6.42. The molecule has 1 aromatic carbocycles. The number of esters is 1. The average molecular weight is 318 g/mol. The summed E-state index contributed by atoms with van der Waals surface area (Å²) in [5.74, 6) is -1.16. The molecule has 0 radical (unpaired) electrons. The van der Waals surface area contributed by atoms with Crippen molar-refractivity contribution in [2.75, 3.05) is 6.61 Å². The molecule has 0 fully saturated rings. The topological polar surface area (TPSA) is 55.8 Å². The van der Waals surface area contributed by atoms with Gasteiger partial charge in [0.05, 0.1) is 19.3 Å². The third kappa shape index (κ3) is 5.40. The van der Waals surface area contributed by atoms with Crippen LogP contribution < -0.4 is 0 Å². The predicted octanol–water partition coefficient (Wildman–Crippen LogP) is 2.96. The Morgan fingerprint density at radius 3 is 2.45 bits per heavy atom. The fraction of sp³-hybridized carbons (Fsp3) is 0.400. The number of benzene rings is 1. The van der Waals surface area contributed by atoms with Crippen molar-refractivity contribution < 1.29 is 32.5 Å². The molecule has 7 heteroatoms. The lowest BCUT2D eigenvalue weighted by atomic mass is 9.99. The van der Waals surface area contributed by atoms with E-state index >= 15 is 0 Å². The number of alkyl halides is 3. The molecule has 0 aromatic heterocycles. The van der Waals surface area contributed by atoms with Crippen molar-refractivity contribution >= 4 is 5.97 Å². The van der Waals surface area contributed by atoms with E-state index in [0.29, 0.717) is 11.6 Å². The molecular weight excluding hydrogens is 301 g/mol. The van der Waals surface area contributed by atoms with Gasteiger partial charge in [0, 0.05) is 0 Å². The van der Waals surface area contributed by atoms with Gasteiger partial charge in [0.1, 0.15) is 6.61 Å². The Morgan fingerprint density at radius 1 is 1.27 bits per heavy atom. The van der Waals surface area contributed by atoms with Gasteiger partial charge in [-0.25, -0.2) is 0 Å². The summed E-state index contributed by atoms with van der Waals surface area (Å²) < 4.78 is 48.1. The molecule has 1 unspecified atom stereocenters. The van der Waals surface area contributed by atoms with E-state index in [4.69, 9.17) is 4.74 Å². The number of hydrogen-bond acceptors (Lipinski definition) is 4. The van der Waals surface area contributed by atoms with Crippen LogP contribution in [-0.2, 0) is 20.9 Å². The first-order valence-electron chi connectivity index (χ1n) is 6.56. The van der Waals surface area contributed by atoms with Gasteiger partial charge in [0.15, 0.2) is 5.60 Å². The second-order valence-corrected chi connectivity index (χ2v) is 4.50. The Bertz CT molecular complexity index is 499. The van der Waals surface area contributed by atoms with Crippen molar-refractivity contribution in [1.29, 1.82) is 0 Å². The second kappa shape index (κ2) is 7.84. The van der Waals surface area contributed by atoms with E-state index < -0.39 is 24.2 Å². The minimum absolute atomic E-state index is 0.142. The maximum absolute atomic E-state index is 12.9. The highest BCUT2D eigenvalue weighted by atomic mass is 19.4. The minimum atomic E-state index is -5.02. The van der Waals surface area contributed by atoms with E-state index in [9.17, 15) is 23.1 Å². The molecule has 0 aliphatic heterocycles. The molecule has 0 heterocycles. The third-order valence-corrected chi connectivity index (χ3v) is 2.75. The highest BCUT2D eigenvalue weighted by Crippen LogP contribution is 2.34. The lowest BCUT2D eigenvalue weighted by molar-refractivity contribution is -0.244. The Balaban J connectivity index is 2.67. The summed E-state index contributed by atoms with van der Waals surface area (Å²) in [5, 5.41) is 9.65. The van der Waals surface area contributed by atoms with Crippen molar-refractivity contribution in [3.05, 3.63) is 48.2 Å². The maximum atomic E-state index is 12.9. The van der Waals surface area contributed by atoms with Gasteiger partial charge in [-0.1, -0.05) is 30.3 Å². The van der Waals surface area contributed by atoms with Crippen molar-refractivity contribution in [2.45, 2.75) is 31.7 Å². The highest BCUT2D eigenvalue weighted by molar-refractivity contribution is 5.71. The lowest BCUT2D eigenvalue weighted by Crippen LogP contribution is -2.45. The van der Waals surface area contributed by atoms with E-state index in [1.54, 1.807) is 37.3 Å². The molecule has 0 saturated heterocycles. The zero-order valence-electron chi connectivity index (χ0n) is 12.0. The molecule has 1 atom stereocenters. The van der Waals surface area contributed by atoms with E-state index in [-0.39, 0.29) is 13.2 Å². The van der Waals surface area contributed by atoms with Gasteiger partial charge in [-0.15, -0.1) is 0 Å². The van der Waals surface area contributed by atoms with Crippen molar-refractivity contribution in [1.82, 2.24) is 0 Å². The van der Waals surface area contributed by atoms with Crippen LogP contribution in [0.25, 0.3) is 0 Å². The number of hydrogen-bond donors (Lipinski definition) is 1. The number of carbonyl (C=O) groups excluding carboxylic acids is 1. The first-order valence-corrected chi connectivity index (χ1v) is 6.56. The first-order chi connectivity index (χ1) is 10.3. The second-order valence-electron chi connectivity index (χ2n) is 4.50. The summed E-state index contributed by atoms with van der Waals surface area (Å²) >= 11 is 0. The monoisotopic (exact) mass is 318 g/mol. The van der Waals surface area contributed by atoms with E-state index in [0.717, 1.165) is 6.26 Å². The van der Waals surface area contributed by atoms with Crippen molar-refractivity contribution in [3.8, 4) is 0 Å². The summed E-state index contributed by atoms with van der Waals surface area (Å²) in [4.78, 5) is 11.6. The molecular formula is C15H17F3O4. The molecule has 1 N–H and O–H groups in total. The summed E-state index contributed by atoms with van der Waals surface area (Å²) in [6, 6.07) is 8.50. The molecule has 1 rings (SSSR count). The largest absolute Gasteiger partial charge is 0.502 e. The minimum Gasteiger partial charge on any atom is -0.502 e. The SMILES string of the molecule is CCOC=CC(O)(CC(=O)OCc1ccccc1)C(F)(F)F. The Labute approximate surface area is 126 Å². The Hall–Kier alpha value is -2.02. The first kappa shape index (κ1) is 18.0. The zero-order valence-corrected chi connectivity index (χ0v) is 12.0. The van der Waals surface area contributed by atoms with Crippen LogP contribution in [0.2, 0.25) is 0 Å². The molecule has 122 valence electrons. The van der Waals surface area contributed by atoms with Crippen LogP contribution in [0.5, 0.6) is 0 Å². The van der Waals surface area contributed by atoms with Crippen molar-refractivity contribution in [3.63, 3.8) is 0 Å². The fourth-order valence-electron chi connectivity index (χ4n) is 1.52. The predicted molar refractivity (Wildman–Crippen MR) is 72.6 cm³/mol. The van der Waals surface area contributed by atoms with Crippen LogP contribution in [0, 0.1) is 0 Å². The zero-order chi connectivity index (χ0) is 16.6. The van der Waals surface area contributed by atoms with Gasteiger partial charge in [0.25, 0.3) is 0 Å². The van der Waals surface area contributed by atoms with Crippen molar-refractivity contribution in [2.24, 2.45) is 0 Å². The summed E-state index contributed by atoms with van der Waals surface area (Å²) in [6.07, 6.45) is -5.14. The molecule has 1 aromatic rings. The van der Waals surface area contributed by atoms with Crippen LogP contribution in [0.1, 0.15) is 18.9 Å². The highest BCUT2D eigenvalue weighted by Gasteiger charge is 2.53. The number of carbonyl (C=O) groups is 1. The lowest BCUT2D eigenvalue weighted by Gasteiger charge is -2.26. The fourth-order valence-corrected chi connectivity index (χ4v) is 1.52. The molecule has 0 bridgehead atoms. The van der Waals surface area contributed by atoms with E-state index in [1.807, 2.05) is 0 Å². The maximum Gasteiger partial charge on any atom is 0.421 e. The number of halogens is 3. The summed E-state index contributed by atoms with van der Waals surface area (Å²) in [5.41, 5.74) is -2.69. The molecule has 22 heavy (non-hydrogen) atoms. The van der Waals surface area contributed by atoms with Gasteiger partial charge in [-0.05, 0) is 18.6 Å². The molecule has 0 spiro atoms. The quantitative estimate of drug-likeness (QED) is 0.620. The molecule has 4 nitrogen and oxygen atoms in total. The van der Waals surface area contributed by atoms with E-state index in [1.165, 1.54) is 0 Å². The van der Waals surface area contributed by atoms with Crippen LogP contribution in [0.3, 0.4) is 0 Å². The molecule has 0 aliphatic rings. The molecule has 0 amide bonds. The van der Waals surface area contributed by atoms with Crippen LogP contribution in [0.15, 0.2) is 42.7 Å². The molecule has 0 aliphatic carbocycles. The number of rotatable bonds is 7. The summed E-state index contributed by atoms with van der Waals surface area (Å²) in [7, 11) is 0. The smallest absolute Gasteiger partial charge is 0.421 e. The standard InChI is InChI=1S/C15H17F3O4/c1-2-21-9-8-14(20,15(16,17)18)10-13(19)22-11-12-6-4-3-5-7-12/h3-9,20H,2,10-11H2,1H3. The van der Waals surface area contributed by atoms with Gasteiger partial charge in [-0.3, -0.25) is 4.79 Å². The van der Waals surface area contributed by atoms with Gasteiger partial charge < -0.3 is 14.6 Å². The normalized spacial score (nSPS) is 14.6. The number of ether oxygens (including phenoxy) is 2. The van der Waals surface area contributed by atoms with Gasteiger partial charge in [0.2, 0.25) is 0 Å². The average Bonchev–Trinajstić information content (AvgIpc) is 2.45. The van der Waals surface area contributed by atoms with Crippen LogP contribution >= 0.6 is 0 Å². The Morgan fingerprint density at radius 2 is 1.91 bits per heavy atom. The van der Waals surface area contributed by atoms with E-state index in [2.05, 4.69) is 4.74 Å². The van der Waals surface area contributed by atoms with Crippen LogP contribution in [0.4, 0.5) is 13.2 Å². The van der Waals surface area contributed by atoms with Gasteiger partial charge >= 0.3 is 12.1 Å². The summed E-state index contributed by atoms with van der Waals surface area (Å²) in [6.45, 7) is 1.55. The third-order valence-electron chi connectivity index (χ3n) is 2.75. The molecule has 0 saturated carbocycles. The number of aliphatic hydroxyl groups is 1.